The molecule has 2 N–H and O–H groups in total. The molecule has 2 fully saturated rings. The highest BCUT2D eigenvalue weighted by molar-refractivity contribution is 5.45. The lowest BCUT2D eigenvalue weighted by atomic mass is 9.97. The molecule has 2 aliphatic heterocycles. The molecule has 0 aliphatic carbocycles. The first-order chi connectivity index (χ1) is 14.0. The van der Waals surface area contributed by atoms with Gasteiger partial charge in [-0.1, -0.05) is 12.1 Å². The Hall–Kier alpha value is -1.34. The Kier molecular flexibility index (Phi) is 8.18. The summed E-state index contributed by atoms with van der Waals surface area (Å²) in [5.74, 6) is 0.823. The second kappa shape index (κ2) is 10.6. The number of likely N-dealkylation sites (tertiary alicyclic amines) is 1. The maximum absolute atomic E-state index is 10.5. The molecule has 0 saturated carbocycles. The molecule has 1 atom stereocenters. The van der Waals surface area contributed by atoms with E-state index in [9.17, 15) is 10.2 Å². The molecule has 1 unspecified atom stereocenters. The van der Waals surface area contributed by atoms with Gasteiger partial charge < -0.3 is 19.8 Å². The molecule has 2 saturated heterocycles. The fraction of sp³-hybridized carbons (Fsp3) is 0.739. The summed E-state index contributed by atoms with van der Waals surface area (Å²) in [4.78, 5) is 7.63. The Morgan fingerprint density at radius 2 is 1.90 bits per heavy atom. The number of phenolic OH excluding ortho intramolecular Hbond substituents is 1. The second-order valence-corrected chi connectivity index (χ2v) is 8.70. The van der Waals surface area contributed by atoms with Gasteiger partial charge in [-0.15, -0.1) is 0 Å². The summed E-state index contributed by atoms with van der Waals surface area (Å²) in [7, 11) is 0. The molecule has 2 aliphatic rings. The number of aliphatic hydroxyl groups excluding tert-OH is 1. The molecule has 0 radical (unpaired) electrons. The Balaban J connectivity index is 1.61. The molecule has 1 aromatic carbocycles. The van der Waals surface area contributed by atoms with Gasteiger partial charge in [-0.05, 0) is 59.2 Å². The van der Waals surface area contributed by atoms with Crippen LogP contribution in [0.15, 0.2) is 18.2 Å². The second-order valence-electron chi connectivity index (χ2n) is 8.70. The van der Waals surface area contributed by atoms with E-state index in [1.165, 1.54) is 25.9 Å². The van der Waals surface area contributed by atoms with Crippen molar-refractivity contribution < 1.29 is 14.9 Å². The van der Waals surface area contributed by atoms with E-state index in [1.807, 2.05) is 25.1 Å². The number of piperidine rings is 1. The molecule has 0 aromatic heterocycles. The predicted octanol–water partition coefficient (Wildman–Crippen LogP) is 2.53. The van der Waals surface area contributed by atoms with Gasteiger partial charge in [0.15, 0.2) is 11.5 Å². The van der Waals surface area contributed by atoms with E-state index in [0.29, 0.717) is 37.0 Å². The monoisotopic (exact) mass is 405 g/mol. The maximum Gasteiger partial charge on any atom is 0.162 e. The number of nitrogens with zero attached hydrogens (tertiary/aromatic N) is 3. The van der Waals surface area contributed by atoms with E-state index < -0.39 is 0 Å². The van der Waals surface area contributed by atoms with Gasteiger partial charge in [0.2, 0.25) is 0 Å². The van der Waals surface area contributed by atoms with E-state index >= 15 is 0 Å². The summed E-state index contributed by atoms with van der Waals surface area (Å²) in [6.07, 6.45) is 3.25. The van der Waals surface area contributed by atoms with Gasteiger partial charge in [0.1, 0.15) is 0 Å². The van der Waals surface area contributed by atoms with Gasteiger partial charge in [-0.25, -0.2) is 0 Å². The van der Waals surface area contributed by atoms with E-state index in [0.717, 1.165) is 31.6 Å². The SMILES string of the molecule is CCOc1cccc(CN2CCN(C3CCN(C(C)C)CC3)C(CCO)C2)c1O. The van der Waals surface area contributed by atoms with Crippen LogP contribution in [0.1, 0.15) is 45.6 Å². The van der Waals surface area contributed by atoms with Crippen molar-refractivity contribution in [3.05, 3.63) is 23.8 Å². The van der Waals surface area contributed by atoms with E-state index in [4.69, 9.17) is 4.74 Å². The molecule has 6 nitrogen and oxygen atoms in total. The average Bonchev–Trinajstić information content (AvgIpc) is 2.72. The number of aliphatic hydroxyl groups is 1. The fourth-order valence-electron chi connectivity index (χ4n) is 4.91. The number of ether oxygens (including phenoxy) is 1. The van der Waals surface area contributed by atoms with Crippen molar-refractivity contribution in [3.63, 3.8) is 0 Å². The van der Waals surface area contributed by atoms with Gasteiger partial charge in [0.05, 0.1) is 6.61 Å². The zero-order chi connectivity index (χ0) is 20.8. The van der Waals surface area contributed by atoms with Crippen LogP contribution in [0, 0.1) is 0 Å². The Labute approximate surface area is 176 Å². The molecule has 3 rings (SSSR count). The lowest BCUT2D eigenvalue weighted by molar-refractivity contribution is -0.000215. The third-order valence-electron chi connectivity index (χ3n) is 6.55. The minimum absolute atomic E-state index is 0.227. The minimum Gasteiger partial charge on any atom is -0.504 e. The molecular formula is C23H39N3O3. The van der Waals surface area contributed by atoms with Crippen molar-refractivity contribution in [1.82, 2.24) is 14.7 Å². The average molecular weight is 406 g/mol. The molecule has 6 heteroatoms. The van der Waals surface area contributed by atoms with Gasteiger partial charge in [0.25, 0.3) is 0 Å². The van der Waals surface area contributed by atoms with Crippen LogP contribution in [0.3, 0.4) is 0 Å². The number of para-hydroxylation sites is 1. The third-order valence-corrected chi connectivity index (χ3v) is 6.55. The first kappa shape index (κ1) is 22.3. The van der Waals surface area contributed by atoms with Crippen LogP contribution >= 0.6 is 0 Å². The molecule has 1 aromatic rings. The topological polar surface area (TPSA) is 59.4 Å². The predicted molar refractivity (Wildman–Crippen MR) is 116 cm³/mol. The number of benzene rings is 1. The molecule has 164 valence electrons. The number of phenols is 1. The van der Waals surface area contributed by atoms with Crippen LogP contribution in [-0.4, -0.2) is 89.0 Å². The maximum atomic E-state index is 10.5. The largest absolute Gasteiger partial charge is 0.504 e. The first-order valence-corrected chi connectivity index (χ1v) is 11.3. The lowest BCUT2D eigenvalue weighted by Gasteiger charge is -2.48. The van der Waals surface area contributed by atoms with Crippen LogP contribution in [0.4, 0.5) is 0 Å². The van der Waals surface area contributed by atoms with Crippen molar-refractivity contribution in [2.75, 3.05) is 45.9 Å². The molecule has 0 amide bonds. The summed E-state index contributed by atoms with van der Waals surface area (Å²) in [5.41, 5.74) is 0.914. The van der Waals surface area contributed by atoms with E-state index in [1.54, 1.807) is 0 Å². The Morgan fingerprint density at radius 3 is 2.55 bits per heavy atom. The zero-order valence-corrected chi connectivity index (χ0v) is 18.4. The highest BCUT2D eigenvalue weighted by Crippen LogP contribution is 2.32. The molecule has 2 heterocycles. The van der Waals surface area contributed by atoms with Crippen molar-refractivity contribution in [1.29, 1.82) is 0 Å². The van der Waals surface area contributed by atoms with Crippen LogP contribution in [0.5, 0.6) is 11.5 Å². The summed E-state index contributed by atoms with van der Waals surface area (Å²) in [6.45, 7) is 13.3. The van der Waals surface area contributed by atoms with Crippen LogP contribution < -0.4 is 4.74 Å². The Morgan fingerprint density at radius 1 is 1.14 bits per heavy atom. The summed E-state index contributed by atoms with van der Waals surface area (Å²) < 4.78 is 5.53. The van der Waals surface area contributed by atoms with E-state index in [-0.39, 0.29) is 12.4 Å². The highest BCUT2D eigenvalue weighted by Gasteiger charge is 2.34. The first-order valence-electron chi connectivity index (χ1n) is 11.3. The number of hydrogen-bond donors (Lipinski definition) is 2. The van der Waals surface area contributed by atoms with E-state index in [2.05, 4.69) is 28.5 Å². The van der Waals surface area contributed by atoms with Crippen molar-refractivity contribution in [3.8, 4) is 11.5 Å². The summed E-state index contributed by atoms with van der Waals surface area (Å²) in [6, 6.07) is 7.37. The van der Waals surface area contributed by atoms with Crippen LogP contribution in [-0.2, 0) is 6.54 Å². The molecule has 0 spiro atoms. The van der Waals surface area contributed by atoms with Gasteiger partial charge >= 0.3 is 0 Å². The van der Waals surface area contributed by atoms with Crippen molar-refractivity contribution in [2.45, 2.75) is 64.7 Å². The fourth-order valence-corrected chi connectivity index (χ4v) is 4.91. The van der Waals surface area contributed by atoms with Crippen molar-refractivity contribution >= 4 is 0 Å². The number of hydrogen-bond acceptors (Lipinski definition) is 6. The van der Waals surface area contributed by atoms with Gasteiger partial charge in [-0.2, -0.15) is 0 Å². The molecule has 0 bridgehead atoms. The quantitative estimate of drug-likeness (QED) is 0.693. The Bertz CT molecular complexity index is 632. The smallest absolute Gasteiger partial charge is 0.162 e. The number of rotatable bonds is 8. The standard InChI is InChI=1S/C23H39N3O3/c1-4-29-22-7-5-6-19(23(22)28)16-24-13-14-26(21(17-24)10-15-27)20-8-11-25(12-9-20)18(2)3/h5-7,18,20-21,27-28H,4,8-17H2,1-3H3. The van der Waals surface area contributed by atoms with Gasteiger partial charge in [0, 0.05) is 56.5 Å². The van der Waals surface area contributed by atoms with Crippen LogP contribution in [0.25, 0.3) is 0 Å². The third kappa shape index (κ3) is 5.63. The normalized spacial score (nSPS) is 23.0. The molecular weight excluding hydrogens is 366 g/mol. The molecule has 29 heavy (non-hydrogen) atoms. The van der Waals surface area contributed by atoms with Gasteiger partial charge in [-0.3, -0.25) is 9.80 Å². The summed E-state index contributed by atoms with van der Waals surface area (Å²) in [5, 5.41) is 20.2. The number of aromatic hydroxyl groups is 1. The lowest BCUT2D eigenvalue weighted by Crippen LogP contribution is -2.58. The summed E-state index contributed by atoms with van der Waals surface area (Å²) >= 11 is 0. The zero-order valence-electron chi connectivity index (χ0n) is 18.4. The van der Waals surface area contributed by atoms with Crippen LogP contribution in [0.2, 0.25) is 0 Å². The highest BCUT2D eigenvalue weighted by atomic mass is 16.5. The van der Waals surface area contributed by atoms with Crippen molar-refractivity contribution in [2.24, 2.45) is 0 Å². The minimum atomic E-state index is 0.227. The number of piperazine rings is 1.